The Morgan fingerprint density at radius 3 is 2.58 bits per heavy atom. The van der Waals surface area contributed by atoms with Crippen LogP contribution in [0.2, 0.25) is 0 Å². The minimum Gasteiger partial charge on any atom is -0.466 e. The molecule has 122 valence electrons. The predicted octanol–water partition coefficient (Wildman–Crippen LogP) is 1.90. The van der Waals surface area contributed by atoms with Gasteiger partial charge < -0.3 is 19.8 Å². The molecular weight excluding hydrogens is 310 g/mol. The highest BCUT2D eigenvalue weighted by molar-refractivity contribution is 5.96. The zero-order chi connectivity index (χ0) is 17.7. The molecule has 24 heavy (non-hydrogen) atoms. The summed E-state index contributed by atoms with van der Waals surface area (Å²) in [6.07, 6.45) is 4.26. The van der Waals surface area contributed by atoms with Crippen LogP contribution in [0.3, 0.4) is 0 Å². The van der Waals surface area contributed by atoms with Crippen molar-refractivity contribution in [2.24, 2.45) is 0 Å². The minimum absolute atomic E-state index is 0.0381. The maximum atomic E-state index is 12.1. The van der Waals surface area contributed by atoms with Gasteiger partial charge in [0.1, 0.15) is 6.07 Å². The summed E-state index contributed by atoms with van der Waals surface area (Å²) < 4.78 is 10.8. The van der Waals surface area contributed by atoms with Gasteiger partial charge in [0.05, 0.1) is 31.2 Å². The molecule has 0 aliphatic heterocycles. The number of aromatic nitrogens is 1. The van der Waals surface area contributed by atoms with E-state index in [2.05, 4.69) is 4.74 Å². The van der Waals surface area contributed by atoms with Gasteiger partial charge in [0.2, 0.25) is 0 Å². The summed E-state index contributed by atoms with van der Waals surface area (Å²) in [5, 5.41) is 9.16. The first-order chi connectivity index (χ1) is 11.5. The number of hydrogen-bond acceptors (Lipinski definition) is 6. The number of hydrogen-bond donors (Lipinski definition) is 1. The number of nitrogens with two attached hydrogens (primary N) is 1. The van der Waals surface area contributed by atoms with E-state index >= 15 is 0 Å². The fourth-order valence-corrected chi connectivity index (χ4v) is 2.18. The SMILES string of the molecule is COC(=O)C=Cc1ccccc1-n1cc(C#N)c(N)c1C(=O)OC. The Bertz CT molecular complexity index is 859. The van der Waals surface area contributed by atoms with E-state index in [1.165, 1.54) is 31.1 Å². The monoisotopic (exact) mass is 325 g/mol. The maximum Gasteiger partial charge on any atom is 0.357 e. The molecule has 0 unspecified atom stereocenters. The van der Waals surface area contributed by atoms with Gasteiger partial charge in [0, 0.05) is 12.3 Å². The Morgan fingerprint density at radius 2 is 1.96 bits per heavy atom. The van der Waals surface area contributed by atoms with Gasteiger partial charge in [-0.05, 0) is 17.7 Å². The van der Waals surface area contributed by atoms with Crippen LogP contribution >= 0.6 is 0 Å². The van der Waals surface area contributed by atoms with Gasteiger partial charge in [-0.3, -0.25) is 0 Å². The summed E-state index contributed by atoms with van der Waals surface area (Å²) in [7, 11) is 2.51. The Hall–Kier alpha value is -3.53. The fourth-order valence-electron chi connectivity index (χ4n) is 2.18. The summed E-state index contributed by atoms with van der Waals surface area (Å²) in [4.78, 5) is 23.4. The lowest BCUT2D eigenvalue weighted by Gasteiger charge is -2.11. The molecule has 7 nitrogen and oxygen atoms in total. The number of nitrogen functional groups attached to an aromatic ring is 1. The van der Waals surface area contributed by atoms with Crippen LogP contribution < -0.4 is 5.73 Å². The second-order valence-corrected chi connectivity index (χ2v) is 4.69. The Labute approximate surface area is 138 Å². The highest BCUT2D eigenvalue weighted by Crippen LogP contribution is 2.27. The number of carbonyl (C=O) groups is 2. The quantitative estimate of drug-likeness (QED) is 0.679. The normalized spacial score (nSPS) is 10.4. The van der Waals surface area contributed by atoms with Gasteiger partial charge in [0.15, 0.2) is 5.69 Å². The van der Waals surface area contributed by atoms with E-state index < -0.39 is 11.9 Å². The molecule has 0 amide bonds. The van der Waals surface area contributed by atoms with Gasteiger partial charge in [-0.2, -0.15) is 5.26 Å². The van der Waals surface area contributed by atoms with Crippen molar-refractivity contribution in [1.29, 1.82) is 5.26 Å². The van der Waals surface area contributed by atoms with Crippen LogP contribution in [0, 0.1) is 11.3 Å². The van der Waals surface area contributed by atoms with E-state index in [-0.39, 0.29) is 16.9 Å². The number of methoxy groups -OCH3 is 2. The number of nitriles is 1. The molecule has 0 bridgehead atoms. The number of rotatable bonds is 4. The summed E-state index contributed by atoms with van der Waals surface area (Å²) in [6.45, 7) is 0. The van der Waals surface area contributed by atoms with Crippen LogP contribution in [0.1, 0.15) is 21.6 Å². The van der Waals surface area contributed by atoms with Gasteiger partial charge in [-0.1, -0.05) is 18.2 Å². The number of carbonyl (C=O) groups excluding carboxylic acids is 2. The number of anilines is 1. The highest BCUT2D eigenvalue weighted by Gasteiger charge is 2.22. The zero-order valence-corrected chi connectivity index (χ0v) is 13.1. The van der Waals surface area contributed by atoms with Crippen molar-refractivity contribution in [3.63, 3.8) is 0 Å². The topological polar surface area (TPSA) is 107 Å². The summed E-state index contributed by atoms with van der Waals surface area (Å²) in [5.41, 5.74) is 7.32. The van der Waals surface area contributed by atoms with Gasteiger partial charge in [0.25, 0.3) is 0 Å². The van der Waals surface area contributed by atoms with Gasteiger partial charge >= 0.3 is 11.9 Å². The molecule has 0 fully saturated rings. The van der Waals surface area contributed by atoms with Crippen LogP contribution in [0.4, 0.5) is 5.69 Å². The summed E-state index contributed by atoms with van der Waals surface area (Å²) >= 11 is 0. The third-order valence-corrected chi connectivity index (χ3v) is 3.34. The van der Waals surface area contributed by atoms with E-state index in [1.54, 1.807) is 30.3 Å². The van der Waals surface area contributed by atoms with E-state index in [9.17, 15) is 9.59 Å². The van der Waals surface area contributed by atoms with E-state index in [0.717, 1.165) is 0 Å². The van der Waals surface area contributed by atoms with Crippen molar-refractivity contribution < 1.29 is 19.1 Å². The third-order valence-electron chi connectivity index (χ3n) is 3.34. The first kappa shape index (κ1) is 16.8. The first-order valence-corrected chi connectivity index (χ1v) is 6.88. The average Bonchev–Trinajstić information content (AvgIpc) is 2.95. The molecule has 1 heterocycles. The Morgan fingerprint density at radius 1 is 1.25 bits per heavy atom. The third kappa shape index (κ3) is 3.13. The van der Waals surface area contributed by atoms with Gasteiger partial charge in [-0.25, -0.2) is 9.59 Å². The standard InChI is InChI=1S/C17H15N3O4/c1-23-14(21)8-7-11-5-3-4-6-13(11)20-10-12(9-18)15(19)16(20)17(22)24-2/h3-8,10H,19H2,1-2H3. The van der Waals surface area contributed by atoms with Crippen molar-refractivity contribution in [3.8, 4) is 11.8 Å². The largest absolute Gasteiger partial charge is 0.466 e. The second-order valence-electron chi connectivity index (χ2n) is 4.69. The molecule has 2 rings (SSSR count). The van der Waals surface area contributed by atoms with Crippen LogP contribution in [0.15, 0.2) is 36.5 Å². The molecule has 0 atom stereocenters. The molecule has 0 saturated heterocycles. The summed E-state index contributed by atoms with van der Waals surface area (Å²) in [5.74, 6) is -1.18. The van der Waals surface area contributed by atoms with Crippen LogP contribution in [0.25, 0.3) is 11.8 Å². The number of benzene rings is 1. The lowest BCUT2D eigenvalue weighted by molar-refractivity contribution is -0.134. The first-order valence-electron chi connectivity index (χ1n) is 6.88. The molecule has 0 saturated carbocycles. The van der Waals surface area contributed by atoms with Crippen molar-refractivity contribution >= 4 is 23.7 Å². The lowest BCUT2D eigenvalue weighted by Crippen LogP contribution is -2.11. The molecule has 7 heteroatoms. The average molecular weight is 325 g/mol. The van der Waals surface area contributed by atoms with E-state index in [1.807, 2.05) is 6.07 Å². The fraction of sp³-hybridized carbons (Fsp3) is 0.118. The predicted molar refractivity (Wildman–Crippen MR) is 87.3 cm³/mol. The smallest absolute Gasteiger partial charge is 0.357 e. The Kier molecular flexibility index (Phi) is 5.02. The van der Waals surface area contributed by atoms with Gasteiger partial charge in [-0.15, -0.1) is 0 Å². The van der Waals surface area contributed by atoms with Crippen LogP contribution in [-0.2, 0) is 14.3 Å². The lowest BCUT2D eigenvalue weighted by atomic mass is 10.1. The molecule has 1 aromatic carbocycles. The molecule has 0 spiro atoms. The van der Waals surface area contributed by atoms with Crippen molar-refractivity contribution in [1.82, 2.24) is 4.57 Å². The maximum absolute atomic E-state index is 12.1. The second kappa shape index (κ2) is 7.15. The molecule has 2 N–H and O–H groups in total. The molecule has 0 aliphatic carbocycles. The summed E-state index contributed by atoms with van der Waals surface area (Å²) in [6, 6.07) is 8.94. The molecule has 2 aromatic rings. The van der Waals surface area contributed by atoms with E-state index in [4.69, 9.17) is 15.7 Å². The number of ether oxygens (including phenoxy) is 2. The van der Waals surface area contributed by atoms with Crippen LogP contribution in [0.5, 0.6) is 0 Å². The molecular formula is C17H15N3O4. The van der Waals surface area contributed by atoms with Crippen molar-refractivity contribution in [2.75, 3.05) is 20.0 Å². The molecule has 1 aromatic heterocycles. The van der Waals surface area contributed by atoms with Crippen molar-refractivity contribution in [2.45, 2.75) is 0 Å². The number of esters is 2. The molecule has 0 aliphatic rings. The zero-order valence-electron chi connectivity index (χ0n) is 13.1. The Balaban J connectivity index is 2.65. The highest BCUT2D eigenvalue weighted by atomic mass is 16.5. The van der Waals surface area contributed by atoms with Crippen molar-refractivity contribution in [3.05, 3.63) is 53.4 Å². The minimum atomic E-state index is -0.666. The molecule has 0 radical (unpaired) electrons. The van der Waals surface area contributed by atoms with Crippen LogP contribution in [-0.4, -0.2) is 30.7 Å². The number of nitrogens with zero attached hydrogens (tertiary/aromatic N) is 2. The number of para-hydroxylation sites is 1. The van der Waals surface area contributed by atoms with E-state index in [0.29, 0.717) is 11.3 Å².